The zero-order chi connectivity index (χ0) is 15.5. The lowest BCUT2D eigenvalue weighted by Crippen LogP contribution is -2.48. The highest BCUT2D eigenvalue weighted by Crippen LogP contribution is 2.27. The van der Waals surface area contributed by atoms with Crippen LogP contribution in [0.15, 0.2) is 27.6 Å². The lowest BCUT2D eigenvalue weighted by Gasteiger charge is -2.33. The van der Waals surface area contributed by atoms with E-state index in [9.17, 15) is 8.42 Å². The highest BCUT2D eigenvalue weighted by Gasteiger charge is 2.29. The van der Waals surface area contributed by atoms with Gasteiger partial charge in [0.1, 0.15) is 0 Å². The Balaban J connectivity index is 2.16. The Labute approximate surface area is 134 Å². The molecule has 0 bridgehead atoms. The van der Waals surface area contributed by atoms with E-state index in [0.29, 0.717) is 23.1 Å². The molecule has 1 fully saturated rings. The minimum atomic E-state index is -3.48. The number of aliphatic hydroxyl groups is 1. The van der Waals surface area contributed by atoms with Crippen molar-refractivity contribution in [1.82, 2.24) is 9.21 Å². The Kier molecular flexibility index (Phi) is 5.79. The van der Waals surface area contributed by atoms with E-state index in [4.69, 9.17) is 5.11 Å². The molecule has 0 aliphatic carbocycles. The van der Waals surface area contributed by atoms with Crippen LogP contribution < -0.4 is 0 Å². The van der Waals surface area contributed by atoms with E-state index < -0.39 is 10.0 Å². The summed E-state index contributed by atoms with van der Waals surface area (Å²) in [6, 6.07) is 4.86. The summed E-state index contributed by atoms with van der Waals surface area (Å²) >= 11 is 3.30. The second-order valence-electron chi connectivity index (χ2n) is 5.17. The summed E-state index contributed by atoms with van der Waals surface area (Å²) in [7, 11) is -3.48. The molecule has 5 nitrogen and oxygen atoms in total. The van der Waals surface area contributed by atoms with Crippen molar-refractivity contribution in [3.63, 3.8) is 0 Å². The number of benzene rings is 1. The standard InChI is InChI=1S/C14H21BrN2O3S/c1-2-5-16-6-8-17(9-7-16)21(19,20)14-4-3-12(11-18)10-13(14)15/h3-4,10,18H,2,5-9,11H2,1H3. The van der Waals surface area contributed by atoms with E-state index in [1.54, 1.807) is 18.2 Å². The van der Waals surface area contributed by atoms with E-state index in [1.165, 1.54) is 4.31 Å². The third-order valence-corrected chi connectivity index (χ3v) is 6.54. The number of halogens is 1. The van der Waals surface area contributed by atoms with Crippen LogP contribution in [0.2, 0.25) is 0 Å². The molecule has 1 aliphatic heterocycles. The molecule has 0 radical (unpaired) electrons. The number of piperazine rings is 1. The molecule has 118 valence electrons. The predicted octanol–water partition coefficient (Wildman–Crippen LogP) is 1.66. The first kappa shape index (κ1) is 16.9. The van der Waals surface area contributed by atoms with Gasteiger partial charge < -0.3 is 10.0 Å². The molecule has 21 heavy (non-hydrogen) atoms. The summed E-state index contributed by atoms with van der Waals surface area (Å²) in [6.07, 6.45) is 1.08. The van der Waals surface area contributed by atoms with Gasteiger partial charge in [-0.15, -0.1) is 0 Å². The third kappa shape index (κ3) is 3.84. The molecule has 0 saturated carbocycles. The monoisotopic (exact) mass is 376 g/mol. The van der Waals surface area contributed by atoms with Gasteiger partial charge in [-0.1, -0.05) is 13.0 Å². The lowest BCUT2D eigenvalue weighted by atomic mass is 10.2. The molecule has 7 heteroatoms. The summed E-state index contributed by atoms with van der Waals surface area (Å²) in [5.41, 5.74) is 0.689. The molecule has 0 amide bonds. The fraction of sp³-hybridized carbons (Fsp3) is 0.571. The molecule has 1 aromatic rings. The lowest BCUT2D eigenvalue weighted by molar-refractivity contribution is 0.188. The maximum atomic E-state index is 12.7. The molecule has 0 spiro atoms. The van der Waals surface area contributed by atoms with Crippen molar-refractivity contribution in [3.05, 3.63) is 28.2 Å². The average molecular weight is 377 g/mol. The van der Waals surface area contributed by atoms with E-state index >= 15 is 0 Å². The summed E-state index contributed by atoms with van der Waals surface area (Å²) in [5, 5.41) is 9.10. The topological polar surface area (TPSA) is 60.9 Å². The minimum Gasteiger partial charge on any atom is -0.392 e. The van der Waals surface area contributed by atoms with Gasteiger partial charge in [0.2, 0.25) is 10.0 Å². The fourth-order valence-electron chi connectivity index (χ4n) is 2.50. The molecule has 1 aromatic carbocycles. The normalized spacial score (nSPS) is 18.0. The summed E-state index contributed by atoms with van der Waals surface area (Å²) in [6.45, 7) is 5.65. The van der Waals surface area contributed by atoms with Crippen LogP contribution in [0.4, 0.5) is 0 Å². The number of hydrogen-bond donors (Lipinski definition) is 1. The van der Waals surface area contributed by atoms with Crippen molar-refractivity contribution < 1.29 is 13.5 Å². The molecule has 1 saturated heterocycles. The van der Waals surface area contributed by atoms with Gasteiger partial charge in [0.15, 0.2) is 0 Å². The Bertz CT molecular complexity index is 584. The maximum Gasteiger partial charge on any atom is 0.244 e. The smallest absolute Gasteiger partial charge is 0.244 e. The van der Waals surface area contributed by atoms with Crippen molar-refractivity contribution in [1.29, 1.82) is 0 Å². The second kappa shape index (κ2) is 7.19. The van der Waals surface area contributed by atoms with Gasteiger partial charge >= 0.3 is 0 Å². The van der Waals surface area contributed by atoms with Crippen LogP contribution in [0.5, 0.6) is 0 Å². The molecule has 1 N–H and O–H groups in total. The Hall–Kier alpha value is -0.470. The molecule has 0 unspecified atom stereocenters. The van der Waals surface area contributed by atoms with Crippen molar-refractivity contribution in [2.45, 2.75) is 24.8 Å². The highest BCUT2D eigenvalue weighted by molar-refractivity contribution is 9.10. The Morgan fingerprint density at radius 2 is 1.90 bits per heavy atom. The summed E-state index contributed by atoms with van der Waals surface area (Å²) in [5.74, 6) is 0. The van der Waals surface area contributed by atoms with Crippen molar-refractivity contribution in [2.24, 2.45) is 0 Å². The third-order valence-electron chi connectivity index (χ3n) is 3.67. The van der Waals surface area contributed by atoms with Crippen LogP contribution >= 0.6 is 15.9 Å². The SMILES string of the molecule is CCCN1CCN(S(=O)(=O)c2ccc(CO)cc2Br)CC1. The van der Waals surface area contributed by atoms with Crippen LogP contribution in [0.3, 0.4) is 0 Å². The van der Waals surface area contributed by atoms with Gasteiger partial charge in [0.05, 0.1) is 11.5 Å². The zero-order valence-corrected chi connectivity index (χ0v) is 14.5. The number of hydrogen-bond acceptors (Lipinski definition) is 4. The van der Waals surface area contributed by atoms with E-state index in [-0.39, 0.29) is 11.5 Å². The van der Waals surface area contributed by atoms with Crippen molar-refractivity contribution in [2.75, 3.05) is 32.7 Å². The molecule has 0 atom stereocenters. The maximum absolute atomic E-state index is 12.7. The largest absolute Gasteiger partial charge is 0.392 e. The first-order chi connectivity index (χ1) is 9.98. The van der Waals surface area contributed by atoms with Crippen LogP contribution in [-0.4, -0.2) is 55.5 Å². The Morgan fingerprint density at radius 1 is 1.24 bits per heavy atom. The fourth-order valence-corrected chi connectivity index (χ4v) is 5.01. The average Bonchev–Trinajstić information content (AvgIpc) is 2.47. The summed E-state index contributed by atoms with van der Waals surface area (Å²) < 4.78 is 27.4. The van der Waals surface area contributed by atoms with Gasteiger partial charge in [-0.05, 0) is 46.6 Å². The van der Waals surface area contributed by atoms with E-state index in [1.807, 2.05) is 0 Å². The summed E-state index contributed by atoms with van der Waals surface area (Å²) in [4.78, 5) is 2.55. The van der Waals surface area contributed by atoms with Crippen LogP contribution in [0.25, 0.3) is 0 Å². The van der Waals surface area contributed by atoms with E-state index in [2.05, 4.69) is 27.8 Å². The Morgan fingerprint density at radius 3 is 2.43 bits per heavy atom. The molecule has 0 aromatic heterocycles. The first-order valence-corrected chi connectivity index (χ1v) is 9.34. The van der Waals surface area contributed by atoms with Crippen LogP contribution in [-0.2, 0) is 16.6 Å². The number of rotatable bonds is 5. The molecule has 1 heterocycles. The first-order valence-electron chi connectivity index (χ1n) is 7.11. The van der Waals surface area contributed by atoms with Crippen molar-refractivity contribution >= 4 is 26.0 Å². The van der Waals surface area contributed by atoms with E-state index in [0.717, 1.165) is 26.1 Å². The predicted molar refractivity (Wildman–Crippen MR) is 85.6 cm³/mol. The van der Waals surface area contributed by atoms with Gasteiger partial charge in [0, 0.05) is 30.7 Å². The number of aliphatic hydroxyl groups excluding tert-OH is 1. The molecular formula is C14H21BrN2O3S. The van der Waals surface area contributed by atoms with Crippen molar-refractivity contribution in [3.8, 4) is 0 Å². The van der Waals surface area contributed by atoms with Gasteiger partial charge in [-0.3, -0.25) is 0 Å². The molecule has 1 aliphatic rings. The van der Waals surface area contributed by atoms with Gasteiger partial charge in [0.25, 0.3) is 0 Å². The molecular weight excluding hydrogens is 356 g/mol. The van der Waals surface area contributed by atoms with Crippen LogP contribution in [0.1, 0.15) is 18.9 Å². The highest BCUT2D eigenvalue weighted by atomic mass is 79.9. The minimum absolute atomic E-state index is 0.103. The van der Waals surface area contributed by atoms with Gasteiger partial charge in [-0.25, -0.2) is 8.42 Å². The zero-order valence-electron chi connectivity index (χ0n) is 12.1. The second-order valence-corrected chi connectivity index (χ2v) is 7.93. The van der Waals surface area contributed by atoms with Gasteiger partial charge in [-0.2, -0.15) is 4.31 Å². The quantitative estimate of drug-likeness (QED) is 0.848. The number of nitrogens with zero attached hydrogens (tertiary/aromatic N) is 2. The van der Waals surface area contributed by atoms with Crippen LogP contribution in [0, 0.1) is 0 Å². The molecule has 2 rings (SSSR count). The number of sulfonamides is 1.